The molecule has 0 radical (unpaired) electrons. The molecule has 2 heterocycles. The van der Waals surface area contributed by atoms with E-state index in [0.29, 0.717) is 19.5 Å². The number of amides is 1. The van der Waals surface area contributed by atoms with Crippen LogP contribution in [0.1, 0.15) is 12.8 Å². The molecule has 0 bridgehead atoms. The highest BCUT2D eigenvalue weighted by atomic mass is 19.1. The summed E-state index contributed by atoms with van der Waals surface area (Å²) >= 11 is 0. The molecule has 4 heteroatoms. The molecule has 74 valence electrons. The molecule has 2 saturated heterocycles. The van der Waals surface area contributed by atoms with Crippen LogP contribution in [0, 0.1) is 5.92 Å². The van der Waals surface area contributed by atoms with Gasteiger partial charge < -0.3 is 10.2 Å². The molecule has 2 aliphatic rings. The summed E-state index contributed by atoms with van der Waals surface area (Å²) in [4.78, 5) is 13.4. The van der Waals surface area contributed by atoms with E-state index in [9.17, 15) is 9.18 Å². The number of nitrogens with one attached hydrogen (secondary N) is 1. The lowest BCUT2D eigenvalue weighted by Crippen LogP contribution is -2.35. The molecule has 0 aliphatic carbocycles. The third-order valence-electron chi connectivity index (χ3n) is 2.85. The minimum absolute atomic E-state index is 0.102. The maximum absolute atomic E-state index is 12.8. The lowest BCUT2D eigenvalue weighted by atomic mass is 10.1. The zero-order valence-corrected chi connectivity index (χ0v) is 7.63. The van der Waals surface area contributed by atoms with Gasteiger partial charge in [-0.1, -0.05) is 0 Å². The van der Waals surface area contributed by atoms with Gasteiger partial charge in [-0.15, -0.1) is 0 Å². The smallest absolute Gasteiger partial charge is 0.227 e. The Bertz CT molecular complexity index is 204. The predicted molar refractivity (Wildman–Crippen MR) is 47.1 cm³/mol. The van der Waals surface area contributed by atoms with Crippen molar-refractivity contribution < 1.29 is 9.18 Å². The Kier molecular flexibility index (Phi) is 2.49. The van der Waals surface area contributed by atoms with E-state index in [1.165, 1.54) is 0 Å². The van der Waals surface area contributed by atoms with Gasteiger partial charge in [0, 0.05) is 13.1 Å². The lowest BCUT2D eigenvalue weighted by molar-refractivity contribution is -0.134. The van der Waals surface area contributed by atoms with Gasteiger partial charge in [-0.2, -0.15) is 0 Å². The van der Waals surface area contributed by atoms with Crippen molar-refractivity contribution in [2.24, 2.45) is 5.92 Å². The first-order valence-electron chi connectivity index (χ1n) is 4.91. The van der Waals surface area contributed by atoms with Crippen LogP contribution in [0.15, 0.2) is 0 Å². The van der Waals surface area contributed by atoms with Crippen molar-refractivity contribution in [1.82, 2.24) is 10.2 Å². The van der Waals surface area contributed by atoms with Crippen LogP contribution in [0.3, 0.4) is 0 Å². The van der Waals surface area contributed by atoms with Crippen LogP contribution in [0.5, 0.6) is 0 Å². The third kappa shape index (κ3) is 1.82. The van der Waals surface area contributed by atoms with E-state index in [4.69, 9.17) is 0 Å². The Morgan fingerprint density at radius 1 is 1.46 bits per heavy atom. The molecule has 2 unspecified atom stereocenters. The molecule has 2 atom stereocenters. The molecule has 0 spiro atoms. The maximum Gasteiger partial charge on any atom is 0.227 e. The van der Waals surface area contributed by atoms with Crippen LogP contribution >= 0.6 is 0 Å². The SMILES string of the molecule is O=C(C1CCNC1)N1CCC(F)C1. The highest BCUT2D eigenvalue weighted by Gasteiger charge is 2.31. The van der Waals surface area contributed by atoms with Gasteiger partial charge >= 0.3 is 0 Å². The fraction of sp³-hybridized carbons (Fsp3) is 0.889. The molecular formula is C9H15FN2O. The maximum atomic E-state index is 12.8. The van der Waals surface area contributed by atoms with Crippen molar-refractivity contribution in [3.63, 3.8) is 0 Å². The molecule has 3 nitrogen and oxygen atoms in total. The number of carbonyl (C=O) groups excluding carboxylic acids is 1. The highest BCUT2D eigenvalue weighted by molar-refractivity contribution is 5.79. The molecule has 2 fully saturated rings. The largest absolute Gasteiger partial charge is 0.339 e. The fourth-order valence-electron chi connectivity index (χ4n) is 2.04. The molecule has 2 rings (SSSR count). The van der Waals surface area contributed by atoms with Crippen LogP contribution in [-0.4, -0.2) is 43.2 Å². The van der Waals surface area contributed by atoms with Crippen LogP contribution < -0.4 is 5.32 Å². The van der Waals surface area contributed by atoms with Crippen molar-refractivity contribution in [2.45, 2.75) is 19.0 Å². The second kappa shape index (κ2) is 3.62. The summed E-state index contributed by atoms with van der Waals surface area (Å²) in [5.74, 6) is 0.246. The van der Waals surface area contributed by atoms with Crippen molar-refractivity contribution >= 4 is 5.91 Å². The average molecular weight is 186 g/mol. The van der Waals surface area contributed by atoms with Crippen molar-refractivity contribution in [2.75, 3.05) is 26.2 Å². The van der Waals surface area contributed by atoms with Crippen LogP contribution in [0.2, 0.25) is 0 Å². The van der Waals surface area contributed by atoms with Gasteiger partial charge in [0.25, 0.3) is 0 Å². The standard InChI is InChI=1S/C9H15FN2O/c10-8-2-4-12(6-8)9(13)7-1-3-11-5-7/h7-8,11H,1-6H2. The first kappa shape index (κ1) is 8.94. The molecule has 0 aromatic carbocycles. The van der Waals surface area contributed by atoms with Crippen molar-refractivity contribution in [3.8, 4) is 0 Å². The number of alkyl halides is 1. The normalized spacial score (nSPS) is 34.1. The van der Waals surface area contributed by atoms with Gasteiger partial charge in [-0.05, 0) is 19.4 Å². The number of hydrogen-bond donors (Lipinski definition) is 1. The summed E-state index contributed by atoms with van der Waals surface area (Å²) < 4.78 is 12.8. The van der Waals surface area contributed by atoms with E-state index in [0.717, 1.165) is 19.5 Å². The second-order valence-corrected chi connectivity index (χ2v) is 3.86. The number of hydrogen-bond acceptors (Lipinski definition) is 2. The summed E-state index contributed by atoms with van der Waals surface area (Å²) in [6.45, 7) is 2.61. The van der Waals surface area contributed by atoms with E-state index in [1.54, 1.807) is 4.90 Å². The van der Waals surface area contributed by atoms with E-state index in [1.807, 2.05) is 0 Å². The molecule has 2 aliphatic heterocycles. The molecule has 0 aromatic rings. The van der Waals surface area contributed by atoms with E-state index < -0.39 is 6.17 Å². The Morgan fingerprint density at radius 2 is 2.31 bits per heavy atom. The number of likely N-dealkylation sites (tertiary alicyclic amines) is 1. The predicted octanol–water partition coefficient (Wildman–Crippen LogP) is 0.166. The van der Waals surface area contributed by atoms with Crippen molar-refractivity contribution in [1.29, 1.82) is 0 Å². The Labute approximate surface area is 77.3 Å². The zero-order valence-electron chi connectivity index (χ0n) is 7.63. The van der Waals surface area contributed by atoms with Gasteiger partial charge in [-0.3, -0.25) is 4.79 Å². The van der Waals surface area contributed by atoms with Gasteiger partial charge in [-0.25, -0.2) is 4.39 Å². The van der Waals surface area contributed by atoms with Crippen molar-refractivity contribution in [3.05, 3.63) is 0 Å². The summed E-state index contributed by atoms with van der Waals surface area (Å²) in [6.07, 6.45) is 0.636. The van der Waals surface area contributed by atoms with Gasteiger partial charge in [0.05, 0.1) is 12.5 Å². The highest BCUT2D eigenvalue weighted by Crippen LogP contribution is 2.18. The zero-order chi connectivity index (χ0) is 9.26. The van der Waals surface area contributed by atoms with E-state index in [2.05, 4.69) is 5.32 Å². The monoisotopic (exact) mass is 186 g/mol. The Hall–Kier alpha value is -0.640. The summed E-state index contributed by atoms with van der Waals surface area (Å²) in [5, 5.41) is 3.15. The Morgan fingerprint density at radius 3 is 2.85 bits per heavy atom. The second-order valence-electron chi connectivity index (χ2n) is 3.86. The summed E-state index contributed by atoms with van der Waals surface area (Å²) in [7, 11) is 0. The number of nitrogens with zero attached hydrogens (tertiary/aromatic N) is 1. The summed E-state index contributed by atoms with van der Waals surface area (Å²) in [5.41, 5.74) is 0. The number of carbonyl (C=O) groups is 1. The van der Waals surface area contributed by atoms with Gasteiger partial charge in [0.15, 0.2) is 0 Å². The minimum atomic E-state index is -0.793. The van der Waals surface area contributed by atoms with E-state index in [-0.39, 0.29) is 11.8 Å². The summed E-state index contributed by atoms with van der Waals surface area (Å²) in [6, 6.07) is 0. The first-order valence-corrected chi connectivity index (χ1v) is 4.91. The average Bonchev–Trinajstić information content (AvgIpc) is 2.72. The molecule has 1 N–H and O–H groups in total. The third-order valence-corrected chi connectivity index (χ3v) is 2.85. The van der Waals surface area contributed by atoms with Gasteiger partial charge in [0.1, 0.15) is 6.17 Å². The minimum Gasteiger partial charge on any atom is -0.339 e. The Balaban J connectivity index is 1.89. The van der Waals surface area contributed by atoms with Crippen LogP contribution in [-0.2, 0) is 4.79 Å². The number of rotatable bonds is 1. The topological polar surface area (TPSA) is 32.3 Å². The molecular weight excluding hydrogens is 171 g/mol. The van der Waals surface area contributed by atoms with Crippen LogP contribution in [0.25, 0.3) is 0 Å². The number of halogens is 1. The molecule has 13 heavy (non-hydrogen) atoms. The first-order chi connectivity index (χ1) is 6.27. The molecule has 0 saturated carbocycles. The lowest BCUT2D eigenvalue weighted by Gasteiger charge is -2.18. The molecule has 0 aromatic heterocycles. The van der Waals surface area contributed by atoms with Gasteiger partial charge in [0.2, 0.25) is 5.91 Å². The molecule has 1 amide bonds. The van der Waals surface area contributed by atoms with Crippen LogP contribution in [0.4, 0.5) is 4.39 Å². The fourth-order valence-corrected chi connectivity index (χ4v) is 2.04. The van der Waals surface area contributed by atoms with E-state index >= 15 is 0 Å². The quantitative estimate of drug-likeness (QED) is 0.633.